The van der Waals surface area contributed by atoms with Crippen LogP contribution in [0.1, 0.15) is 25.7 Å². The largest absolute Gasteiger partial charge is 0.371 e. The zero-order valence-electron chi connectivity index (χ0n) is 9.00. The van der Waals surface area contributed by atoms with E-state index in [2.05, 4.69) is 5.32 Å². The molecular weight excluding hydrogens is 224 g/mol. The first-order valence-electron chi connectivity index (χ1n) is 5.46. The number of hydrogen-bond acceptors (Lipinski definition) is 2. The molecule has 0 atom stereocenters. The molecule has 1 aliphatic carbocycles. The Morgan fingerprint density at radius 2 is 2.06 bits per heavy atom. The Balaban J connectivity index is 2.21. The molecule has 1 aromatic rings. The second-order valence-corrected chi connectivity index (χ2v) is 4.73. The smallest absolute Gasteiger partial charge is 0.243 e. The van der Waals surface area contributed by atoms with Crippen LogP contribution in [0.3, 0.4) is 0 Å². The van der Waals surface area contributed by atoms with Gasteiger partial charge in [0.05, 0.1) is 0 Å². The van der Waals surface area contributed by atoms with E-state index in [9.17, 15) is 4.79 Å². The minimum atomic E-state index is -0.579. The zero-order valence-corrected chi connectivity index (χ0v) is 9.76. The van der Waals surface area contributed by atoms with Gasteiger partial charge in [-0.05, 0) is 31.0 Å². The highest BCUT2D eigenvalue weighted by Crippen LogP contribution is 2.33. The summed E-state index contributed by atoms with van der Waals surface area (Å²) in [5, 5.41) is 3.89. The van der Waals surface area contributed by atoms with Gasteiger partial charge in [-0.15, -0.1) is 0 Å². The molecule has 4 heteroatoms. The van der Waals surface area contributed by atoms with Crippen LogP contribution < -0.4 is 11.1 Å². The van der Waals surface area contributed by atoms with Gasteiger partial charge in [0.1, 0.15) is 5.54 Å². The molecule has 0 aliphatic heterocycles. The molecule has 3 N–H and O–H groups in total. The number of amides is 1. The molecular formula is C12H15ClN2O. The maximum Gasteiger partial charge on any atom is 0.243 e. The van der Waals surface area contributed by atoms with Crippen LogP contribution in [-0.2, 0) is 4.79 Å². The number of benzene rings is 1. The number of nitrogens with one attached hydrogen (secondary N) is 1. The van der Waals surface area contributed by atoms with Crippen molar-refractivity contribution >= 4 is 23.2 Å². The van der Waals surface area contributed by atoms with Crippen molar-refractivity contribution in [2.75, 3.05) is 5.32 Å². The molecule has 1 aliphatic rings. The Morgan fingerprint density at radius 1 is 1.38 bits per heavy atom. The quantitative estimate of drug-likeness (QED) is 0.850. The van der Waals surface area contributed by atoms with Gasteiger partial charge < -0.3 is 11.1 Å². The van der Waals surface area contributed by atoms with E-state index in [-0.39, 0.29) is 5.91 Å². The van der Waals surface area contributed by atoms with Crippen LogP contribution in [0.25, 0.3) is 0 Å². The molecule has 86 valence electrons. The molecule has 0 radical (unpaired) electrons. The highest BCUT2D eigenvalue weighted by Gasteiger charge is 2.39. The Hall–Kier alpha value is -1.22. The number of hydrogen-bond donors (Lipinski definition) is 2. The van der Waals surface area contributed by atoms with Gasteiger partial charge in [0, 0.05) is 10.7 Å². The number of primary amides is 1. The topological polar surface area (TPSA) is 55.1 Å². The summed E-state index contributed by atoms with van der Waals surface area (Å²) in [5.41, 5.74) is 5.76. The van der Waals surface area contributed by atoms with E-state index >= 15 is 0 Å². The Bertz CT molecular complexity index is 400. The highest BCUT2D eigenvalue weighted by atomic mass is 35.5. The van der Waals surface area contributed by atoms with E-state index in [1.165, 1.54) is 0 Å². The van der Waals surface area contributed by atoms with Crippen molar-refractivity contribution in [2.24, 2.45) is 5.73 Å². The number of nitrogens with two attached hydrogens (primary N) is 1. The maximum absolute atomic E-state index is 11.5. The van der Waals surface area contributed by atoms with Crippen LogP contribution in [0, 0.1) is 0 Å². The van der Waals surface area contributed by atoms with E-state index in [0.29, 0.717) is 5.02 Å². The third kappa shape index (κ3) is 2.14. The summed E-state index contributed by atoms with van der Waals surface area (Å²) in [6.45, 7) is 0. The number of carbonyl (C=O) groups is 1. The molecule has 16 heavy (non-hydrogen) atoms. The number of halogens is 1. The Kier molecular flexibility index (Phi) is 3.06. The fourth-order valence-corrected chi connectivity index (χ4v) is 2.44. The van der Waals surface area contributed by atoms with Gasteiger partial charge >= 0.3 is 0 Å². The normalized spacial score (nSPS) is 18.3. The lowest BCUT2D eigenvalue weighted by Gasteiger charge is -2.27. The van der Waals surface area contributed by atoms with Crippen LogP contribution in [0.2, 0.25) is 5.02 Å². The second kappa shape index (κ2) is 4.34. The molecule has 0 saturated heterocycles. The minimum Gasteiger partial charge on any atom is -0.371 e. The van der Waals surface area contributed by atoms with Crippen LogP contribution in [0.15, 0.2) is 24.3 Å². The van der Waals surface area contributed by atoms with Gasteiger partial charge in [0.15, 0.2) is 0 Å². The standard InChI is InChI=1S/C12H15ClN2O/c13-9-4-3-5-10(8-9)15-12(11(14)16)6-1-2-7-12/h3-5,8,15H,1-2,6-7H2,(H2,14,16). The fourth-order valence-electron chi connectivity index (χ4n) is 2.25. The van der Waals surface area contributed by atoms with E-state index in [4.69, 9.17) is 17.3 Å². The average molecular weight is 239 g/mol. The van der Waals surface area contributed by atoms with Crippen LogP contribution in [-0.4, -0.2) is 11.4 Å². The first-order valence-corrected chi connectivity index (χ1v) is 5.84. The summed E-state index contributed by atoms with van der Waals surface area (Å²) in [6.07, 6.45) is 3.68. The molecule has 2 rings (SSSR count). The number of carbonyl (C=O) groups excluding carboxylic acids is 1. The fraction of sp³-hybridized carbons (Fsp3) is 0.417. The van der Waals surface area contributed by atoms with E-state index in [1.807, 2.05) is 18.2 Å². The lowest BCUT2D eigenvalue weighted by atomic mass is 9.96. The summed E-state index contributed by atoms with van der Waals surface area (Å²) in [5.74, 6) is -0.273. The molecule has 1 amide bonds. The first kappa shape index (κ1) is 11.3. The monoisotopic (exact) mass is 238 g/mol. The van der Waals surface area contributed by atoms with Crippen molar-refractivity contribution in [1.82, 2.24) is 0 Å². The second-order valence-electron chi connectivity index (χ2n) is 4.29. The van der Waals surface area contributed by atoms with Gasteiger partial charge in [-0.2, -0.15) is 0 Å². The number of rotatable bonds is 3. The zero-order chi connectivity index (χ0) is 11.6. The molecule has 0 heterocycles. The molecule has 0 aromatic heterocycles. The summed E-state index contributed by atoms with van der Waals surface area (Å²) < 4.78 is 0. The predicted octanol–water partition coefficient (Wildman–Crippen LogP) is 2.55. The van der Waals surface area contributed by atoms with Gasteiger partial charge in [0.2, 0.25) is 5.91 Å². The molecule has 0 spiro atoms. The highest BCUT2D eigenvalue weighted by molar-refractivity contribution is 6.30. The van der Waals surface area contributed by atoms with E-state index in [0.717, 1.165) is 31.4 Å². The van der Waals surface area contributed by atoms with Crippen LogP contribution in [0.5, 0.6) is 0 Å². The average Bonchev–Trinajstić information content (AvgIpc) is 2.67. The summed E-state index contributed by atoms with van der Waals surface area (Å²) >= 11 is 5.90. The lowest BCUT2D eigenvalue weighted by Crippen LogP contribution is -2.48. The van der Waals surface area contributed by atoms with Crippen LogP contribution >= 0.6 is 11.6 Å². The third-order valence-corrected chi connectivity index (χ3v) is 3.37. The van der Waals surface area contributed by atoms with Gasteiger partial charge in [-0.1, -0.05) is 30.5 Å². The van der Waals surface area contributed by atoms with E-state index < -0.39 is 5.54 Å². The summed E-state index contributed by atoms with van der Waals surface area (Å²) in [4.78, 5) is 11.5. The van der Waals surface area contributed by atoms with Crippen molar-refractivity contribution in [3.63, 3.8) is 0 Å². The van der Waals surface area contributed by atoms with E-state index in [1.54, 1.807) is 6.07 Å². The van der Waals surface area contributed by atoms with Gasteiger partial charge in [0.25, 0.3) is 0 Å². The van der Waals surface area contributed by atoms with Gasteiger partial charge in [-0.25, -0.2) is 0 Å². The molecule has 1 fully saturated rings. The molecule has 0 unspecified atom stereocenters. The van der Waals surface area contributed by atoms with Crippen molar-refractivity contribution in [3.05, 3.63) is 29.3 Å². The minimum absolute atomic E-state index is 0.273. The van der Waals surface area contributed by atoms with Crippen LogP contribution in [0.4, 0.5) is 5.69 Å². The Labute approximate surface area is 100.0 Å². The molecule has 1 saturated carbocycles. The van der Waals surface area contributed by atoms with Gasteiger partial charge in [-0.3, -0.25) is 4.79 Å². The maximum atomic E-state index is 11.5. The third-order valence-electron chi connectivity index (χ3n) is 3.14. The number of anilines is 1. The molecule has 0 bridgehead atoms. The molecule has 3 nitrogen and oxygen atoms in total. The predicted molar refractivity (Wildman–Crippen MR) is 65.5 cm³/mol. The summed E-state index contributed by atoms with van der Waals surface area (Å²) in [7, 11) is 0. The lowest BCUT2D eigenvalue weighted by molar-refractivity contribution is -0.122. The van der Waals surface area contributed by atoms with Crippen molar-refractivity contribution in [1.29, 1.82) is 0 Å². The van der Waals surface area contributed by atoms with Crippen molar-refractivity contribution in [2.45, 2.75) is 31.2 Å². The SMILES string of the molecule is NC(=O)C1(Nc2cccc(Cl)c2)CCCC1. The Morgan fingerprint density at radius 3 is 2.62 bits per heavy atom. The summed E-state index contributed by atoms with van der Waals surface area (Å²) in [6, 6.07) is 7.37. The first-order chi connectivity index (χ1) is 7.62. The van der Waals surface area contributed by atoms with Crippen molar-refractivity contribution < 1.29 is 4.79 Å². The van der Waals surface area contributed by atoms with Crippen molar-refractivity contribution in [3.8, 4) is 0 Å². The molecule has 1 aromatic carbocycles.